The molecule has 0 aromatic rings. The third-order valence-corrected chi connectivity index (χ3v) is 4.16. The van der Waals surface area contributed by atoms with Crippen LogP contribution >= 0.6 is 0 Å². The molecule has 0 aromatic carbocycles. The third kappa shape index (κ3) is 6.21. The summed E-state index contributed by atoms with van der Waals surface area (Å²) in [6.07, 6.45) is 0. The summed E-state index contributed by atoms with van der Waals surface area (Å²) in [7, 11) is 6.39. The van der Waals surface area contributed by atoms with Crippen molar-refractivity contribution in [3.63, 3.8) is 0 Å². The first-order valence-electron chi connectivity index (χ1n) is 7.59. The average Bonchev–Trinajstić information content (AvgIpc) is 2.33. The minimum atomic E-state index is 0.330. The maximum absolute atomic E-state index is 3.48. The van der Waals surface area contributed by atoms with Crippen LogP contribution < -0.4 is 5.32 Å². The number of nitrogens with one attached hydrogen (secondary N) is 1. The molecular weight excluding hydrogens is 236 g/mol. The van der Waals surface area contributed by atoms with Gasteiger partial charge in [-0.2, -0.15) is 0 Å². The molecule has 4 nitrogen and oxygen atoms in total. The van der Waals surface area contributed by atoms with E-state index in [-0.39, 0.29) is 0 Å². The Kier molecular flexibility index (Phi) is 6.74. The summed E-state index contributed by atoms with van der Waals surface area (Å²) in [5.41, 5.74) is 0.330. The molecule has 1 saturated heterocycles. The summed E-state index contributed by atoms with van der Waals surface area (Å²) in [5.74, 6) is 0. The lowest BCUT2D eigenvalue weighted by Gasteiger charge is -2.40. The molecule has 1 fully saturated rings. The molecule has 1 atom stereocenters. The second kappa shape index (κ2) is 7.58. The van der Waals surface area contributed by atoms with Gasteiger partial charge in [0.1, 0.15) is 0 Å². The quantitative estimate of drug-likeness (QED) is 0.771. The molecule has 4 heteroatoms. The zero-order valence-corrected chi connectivity index (χ0v) is 13.9. The first kappa shape index (κ1) is 16.9. The normalized spacial score (nSPS) is 21.0. The van der Waals surface area contributed by atoms with E-state index in [4.69, 9.17) is 0 Å². The van der Waals surface area contributed by atoms with Crippen LogP contribution in [0.25, 0.3) is 0 Å². The van der Waals surface area contributed by atoms with E-state index in [0.717, 1.165) is 0 Å². The van der Waals surface area contributed by atoms with Crippen molar-refractivity contribution >= 4 is 0 Å². The van der Waals surface area contributed by atoms with Crippen LogP contribution in [0.5, 0.6) is 0 Å². The van der Waals surface area contributed by atoms with Crippen LogP contribution in [0, 0.1) is 5.41 Å². The first-order chi connectivity index (χ1) is 8.82. The number of hydrogen-bond acceptors (Lipinski definition) is 4. The fourth-order valence-corrected chi connectivity index (χ4v) is 2.59. The van der Waals surface area contributed by atoms with Crippen molar-refractivity contribution in [1.29, 1.82) is 0 Å². The third-order valence-electron chi connectivity index (χ3n) is 4.16. The Morgan fingerprint density at radius 1 is 1.05 bits per heavy atom. The van der Waals surface area contributed by atoms with Crippen molar-refractivity contribution < 1.29 is 0 Å². The van der Waals surface area contributed by atoms with Crippen molar-refractivity contribution in [1.82, 2.24) is 20.0 Å². The Labute approximate surface area is 120 Å². The van der Waals surface area contributed by atoms with Crippen LogP contribution in [0.15, 0.2) is 0 Å². The highest BCUT2D eigenvalue weighted by atomic mass is 15.3. The van der Waals surface area contributed by atoms with E-state index in [2.05, 4.69) is 61.9 Å². The molecule has 114 valence electrons. The van der Waals surface area contributed by atoms with Gasteiger partial charge in [-0.15, -0.1) is 0 Å². The van der Waals surface area contributed by atoms with Crippen molar-refractivity contribution in [2.24, 2.45) is 5.41 Å². The Bertz CT molecular complexity index is 239. The molecule has 0 radical (unpaired) electrons. The highest BCUT2D eigenvalue weighted by Crippen LogP contribution is 2.20. The molecule has 1 heterocycles. The summed E-state index contributed by atoms with van der Waals surface area (Å²) in [6, 6.07) is 0.570. The van der Waals surface area contributed by atoms with Crippen molar-refractivity contribution in [2.75, 3.05) is 67.0 Å². The van der Waals surface area contributed by atoms with E-state index < -0.39 is 0 Å². The molecule has 1 N–H and O–H groups in total. The number of nitrogens with zero attached hydrogens (tertiary/aromatic N) is 3. The van der Waals surface area contributed by atoms with Gasteiger partial charge in [0.05, 0.1) is 0 Å². The van der Waals surface area contributed by atoms with E-state index in [9.17, 15) is 0 Å². The lowest BCUT2D eigenvalue weighted by atomic mass is 9.86. The fraction of sp³-hybridized carbons (Fsp3) is 1.00. The van der Waals surface area contributed by atoms with Crippen molar-refractivity contribution in [2.45, 2.75) is 26.8 Å². The minimum Gasteiger partial charge on any atom is -0.315 e. The molecule has 0 bridgehead atoms. The monoisotopic (exact) mass is 270 g/mol. The van der Waals surface area contributed by atoms with E-state index in [0.29, 0.717) is 11.5 Å². The van der Waals surface area contributed by atoms with Gasteiger partial charge >= 0.3 is 0 Å². The van der Waals surface area contributed by atoms with Gasteiger partial charge < -0.3 is 10.2 Å². The standard InChI is InChI=1S/C15H34N4/c1-15(2,3)14(16-4)13-19-11-9-18(10-12-19)8-7-17(5)6/h14,16H,7-13H2,1-6H3. The van der Waals surface area contributed by atoms with Gasteiger partial charge in [-0.05, 0) is 26.6 Å². The van der Waals surface area contributed by atoms with Crippen LogP contribution in [0.2, 0.25) is 0 Å². The molecule has 1 unspecified atom stereocenters. The summed E-state index contributed by atoms with van der Waals surface area (Å²) in [4.78, 5) is 7.46. The lowest BCUT2D eigenvalue weighted by molar-refractivity contribution is 0.100. The lowest BCUT2D eigenvalue weighted by Crippen LogP contribution is -2.53. The predicted octanol–water partition coefficient (Wildman–Crippen LogP) is 0.800. The van der Waals surface area contributed by atoms with Crippen LogP contribution in [0.4, 0.5) is 0 Å². The molecule has 1 aliphatic heterocycles. The van der Waals surface area contributed by atoms with E-state index in [1.807, 2.05) is 0 Å². The summed E-state index contributed by atoms with van der Waals surface area (Å²) < 4.78 is 0. The summed E-state index contributed by atoms with van der Waals surface area (Å²) in [5, 5.41) is 3.48. The van der Waals surface area contributed by atoms with Gasteiger partial charge in [-0.25, -0.2) is 0 Å². The zero-order valence-electron chi connectivity index (χ0n) is 13.9. The summed E-state index contributed by atoms with van der Waals surface area (Å²) >= 11 is 0. The second-order valence-electron chi connectivity index (χ2n) is 7.15. The molecule has 0 aliphatic carbocycles. The SMILES string of the molecule is CNC(CN1CCN(CCN(C)C)CC1)C(C)(C)C. The molecule has 0 amide bonds. The molecule has 0 spiro atoms. The van der Waals surface area contributed by atoms with Gasteiger partial charge in [-0.1, -0.05) is 20.8 Å². The second-order valence-corrected chi connectivity index (χ2v) is 7.15. The van der Waals surface area contributed by atoms with E-state index in [1.54, 1.807) is 0 Å². The van der Waals surface area contributed by atoms with E-state index in [1.165, 1.54) is 45.8 Å². The van der Waals surface area contributed by atoms with E-state index >= 15 is 0 Å². The number of hydrogen-bond donors (Lipinski definition) is 1. The maximum Gasteiger partial charge on any atom is 0.0240 e. The Morgan fingerprint density at radius 3 is 2.00 bits per heavy atom. The zero-order chi connectivity index (χ0) is 14.5. The highest BCUT2D eigenvalue weighted by Gasteiger charge is 2.26. The minimum absolute atomic E-state index is 0.330. The number of rotatable bonds is 6. The smallest absolute Gasteiger partial charge is 0.0240 e. The molecule has 0 saturated carbocycles. The van der Waals surface area contributed by atoms with Crippen molar-refractivity contribution in [3.05, 3.63) is 0 Å². The van der Waals surface area contributed by atoms with Crippen LogP contribution in [-0.2, 0) is 0 Å². The Morgan fingerprint density at radius 2 is 1.58 bits per heavy atom. The molecule has 1 aliphatic rings. The van der Waals surface area contributed by atoms with Crippen molar-refractivity contribution in [3.8, 4) is 0 Å². The van der Waals surface area contributed by atoms with Crippen LogP contribution in [0.3, 0.4) is 0 Å². The Balaban J connectivity index is 2.29. The van der Waals surface area contributed by atoms with Crippen LogP contribution in [-0.4, -0.2) is 87.7 Å². The van der Waals surface area contributed by atoms with Crippen LogP contribution in [0.1, 0.15) is 20.8 Å². The summed E-state index contributed by atoms with van der Waals surface area (Å²) in [6.45, 7) is 15.4. The molecule has 0 aromatic heterocycles. The highest BCUT2D eigenvalue weighted by molar-refractivity contribution is 4.84. The molecule has 1 rings (SSSR count). The van der Waals surface area contributed by atoms with Gasteiger partial charge in [-0.3, -0.25) is 9.80 Å². The average molecular weight is 270 g/mol. The first-order valence-corrected chi connectivity index (χ1v) is 7.59. The Hall–Kier alpha value is -0.160. The van der Waals surface area contributed by atoms with Gasteiger partial charge in [0.2, 0.25) is 0 Å². The fourth-order valence-electron chi connectivity index (χ4n) is 2.59. The molecular formula is C15H34N4. The van der Waals surface area contributed by atoms with Gasteiger partial charge in [0.25, 0.3) is 0 Å². The number of piperazine rings is 1. The maximum atomic E-state index is 3.48. The topological polar surface area (TPSA) is 21.8 Å². The molecule has 19 heavy (non-hydrogen) atoms. The van der Waals surface area contributed by atoms with Gasteiger partial charge in [0, 0.05) is 51.9 Å². The number of likely N-dealkylation sites (N-methyl/N-ethyl adjacent to an activating group) is 2. The van der Waals surface area contributed by atoms with Gasteiger partial charge in [0.15, 0.2) is 0 Å². The largest absolute Gasteiger partial charge is 0.315 e. The predicted molar refractivity (Wildman–Crippen MR) is 83.7 cm³/mol.